The van der Waals surface area contributed by atoms with Gasteiger partial charge in [-0.25, -0.2) is 9.69 Å². The van der Waals surface area contributed by atoms with Crippen molar-refractivity contribution < 1.29 is 14.3 Å². The predicted octanol–water partition coefficient (Wildman–Crippen LogP) is 4.39. The lowest BCUT2D eigenvalue weighted by atomic mass is 9.89. The Morgan fingerprint density at radius 1 is 0.967 bits per heavy atom. The quantitative estimate of drug-likeness (QED) is 0.703. The molecule has 1 heterocycles. The molecular weight excluding hydrogens is 378 g/mol. The van der Waals surface area contributed by atoms with Crippen molar-refractivity contribution >= 4 is 11.9 Å². The summed E-state index contributed by atoms with van der Waals surface area (Å²) in [7, 11) is 1.62. The van der Waals surface area contributed by atoms with Crippen molar-refractivity contribution in [1.29, 1.82) is 0 Å². The topological polar surface area (TPSA) is 61.9 Å². The first-order chi connectivity index (χ1) is 14.5. The van der Waals surface area contributed by atoms with Gasteiger partial charge in [-0.15, -0.1) is 0 Å². The molecule has 3 amide bonds. The molecule has 1 aromatic carbocycles. The minimum Gasteiger partial charge on any atom is -0.497 e. The van der Waals surface area contributed by atoms with Crippen LogP contribution in [-0.4, -0.2) is 47.6 Å². The predicted molar refractivity (Wildman–Crippen MR) is 116 cm³/mol. The van der Waals surface area contributed by atoms with Crippen molar-refractivity contribution in [2.75, 3.05) is 13.8 Å². The summed E-state index contributed by atoms with van der Waals surface area (Å²) in [6.45, 7) is 2.21. The van der Waals surface area contributed by atoms with Gasteiger partial charge in [0, 0.05) is 12.1 Å². The molecule has 6 nitrogen and oxygen atoms in total. The zero-order valence-corrected chi connectivity index (χ0v) is 18.4. The van der Waals surface area contributed by atoms with Crippen LogP contribution in [0.25, 0.3) is 0 Å². The molecule has 1 atom stereocenters. The van der Waals surface area contributed by atoms with E-state index in [1.165, 1.54) is 69.1 Å². The van der Waals surface area contributed by atoms with Crippen LogP contribution in [0.4, 0.5) is 4.79 Å². The average molecular weight is 414 g/mol. The summed E-state index contributed by atoms with van der Waals surface area (Å²) < 4.78 is 5.23. The van der Waals surface area contributed by atoms with E-state index in [0.717, 1.165) is 11.3 Å². The van der Waals surface area contributed by atoms with Crippen LogP contribution in [-0.2, 0) is 10.3 Å². The second-order valence-corrected chi connectivity index (χ2v) is 9.26. The van der Waals surface area contributed by atoms with Gasteiger partial charge in [0.05, 0.1) is 13.8 Å². The van der Waals surface area contributed by atoms with E-state index in [4.69, 9.17) is 4.74 Å². The third-order valence-electron chi connectivity index (χ3n) is 7.33. The Morgan fingerprint density at radius 2 is 1.50 bits per heavy atom. The molecule has 1 N–H and O–H groups in total. The summed E-state index contributed by atoms with van der Waals surface area (Å²) in [5.41, 5.74) is -0.250. The normalized spacial score (nSPS) is 26.3. The third kappa shape index (κ3) is 4.07. The molecule has 3 fully saturated rings. The highest BCUT2D eigenvalue weighted by Crippen LogP contribution is 2.34. The first kappa shape index (κ1) is 21.2. The van der Waals surface area contributed by atoms with Gasteiger partial charge >= 0.3 is 6.03 Å². The summed E-state index contributed by atoms with van der Waals surface area (Å²) in [5.74, 6) is 0.575. The number of methoxy groups -OCH3 is 1. The van der Waals surface area contributed by atoms with Gasteiger partial charge in [-0.3, -0.25) is 9.69 Å². The van der Waals surface area contributed by atoms with E-state index in [1.807, 2.05) is 24.3 Å². The minimum atomic E-state index is -1.03. The fourth-order valence-corrected chi connectivity index (χ4v) is 5.46. The number of urea groups is 1. The number of hydrogen-bond acceptors (Lipinski definition) is 4. The molecule has 2 saturated carbocycles. The van der Waals surface area contributed by atoms with Crippen molar-refractivity contribution in [2.24, 2.45) is 0 Å². The number of amides is 3. The number of benzene rings is 1. The van der Waals surface area contributed by atoms with Crippen molar-refractivity contribution in [1.82, 2.24) is 15.1 Å². The highest BCUT2D eigenvalue weighted by atomic mass is 16.5. The average Bonchev–Trinajstić information content (AvgIpc) is 3.02. The smallest absolute Gasteiger partial charge is 0.326 e. The van der Waals surface area contributed by atoms with Crippen molar-refractivity contribution in [3.05, 3.63) is 29.8 Å². The first-order valence-electron chi connectivity index (χ1n) is 11.6. The van der Waals surface area contributed by atoms with Crippen LogP contribution in [0.15, 0.2) is 24.3 Å². The molecule has 2 aliphatic carbocycles. The number of nitrogens with one attached hydrogen (secondary N) is 1. The van der Waals surface area contributed by atoms with Gasteiger partial charge in [0.1, 0.15) is 11.3 Å². The zero-order chi connectivity index (χ0) is 21.1. The second-order valence-electron chi connectivity index (χ2n) is 9.26. The Bertz CT molecular complexity index is 735. The number of carbonyl (C=O) groups is 2. The Labute approximate surface area is 179 Å². The lowest BCUT2D eigenvalue weighted by Crippen LogP contribution is -2.52. The lowest BCUT2D eigenvalue weighted by Gasteiger charge is -2.42. The summed E-state index contributed by atoms with van der Waals surface area (Å²) in [4.78, 5) is 30.4. The number of hydrogen-bond donors (Lipinski definition) is 1. The van der Waals surface area contributed by atoms with Crippen molar-refractivity contribution in [3.63, 3.8) is 0 Å². The molecule has 0 spiro atoms. The number of rotatable bonds is 6. The number of imide groups is 1. The summed E-state index contributed by atoms with van der Waals surface area (Å²) in [6, 6.07) is 8.07. The molecular formula is C24H35N3O3. The highest BCUT2D eigenvalue weighted by molar-refractivity contribution is 6.07. The molecule has 6 heteroatoms. The summed E-state index contributed by atoms with van der Waals surface area (Å²) in [6.07, 6.45) is 12.3. The molecule has 0 radical (unpaired) electrons. The van der Waals surface area contributed by atoms with Crippen LogP contribution in [0.3, 0.4) is 0 Å². The van der Waals surface area contributed by atoms with Gasteiger partial charge in [-0.05, 0) is 50.3 Å². The fourth-order valence-electron chi connectivity index (χ4n) is 5.46. The van der Waals surface area contributed by atoms with E-state index < -0.39 is 5.54 Å². The van der Waals surface area contributed by atoms with Crippen molar-refractivity contribution in [3.8, 4) is 5.75 Å². The molecule has 4 rings (SSSR count). The number of ether oxygens (including phenoxy) is 1. The van der Waals surface area contributed by atoms with Gasteiger partial charge < -0.3 is 10.1 Å². The minimum absolute atomic E-state index is 0.158. The Morgan fingerprint density at radius 3 is 2.00 bits per heavy atom. The van der Waals surface area contributed by atoms with Crippen LogP contribution in [0.1, 0.15) is 76.7 Å². The summed E-state index contributed by atoms with van der Waals surface area (Å²) >= 11 is 0. The van der Waals surface area contributed by atoms with Crippen LogP contribution in [0, 0.1) is 0 Å². The SMILES string of the molecule is COc1ccc(C2(C)NC(=O)N(CN(C3CCCCC3)C3CCCCC3)C2=O)cc1. The van der Waals surface area contributed by atoms with Crippen LogP contribution >= 0.6 is 0 Å². The molecule has 0 bridgehead atoms. The van der Waals surface area contributed by atoms with E-state index >= 15 is 0 Å². The monoisotopic (exact) mass is 413 g/mol. The maximum absolute atomic E-state index is 13.5. The van der Waals surface area contributed by atoms with Crippen LogP contribution < -0.4 is 10.1 Å². The maximum Gasteiger partial charge on any atom is 0.326 e. The number of nitrogens with zero attached hydrogens (tertiary/aromatic N) is 2. The van der Waals surface area contributed by atoms with E-state index in [9.17, 15) is 9.59 Å². The van der Waals surface area contributed by atoms with Gasteiger partial charge in [0.25, 0.3) is 5.91 Å². The van der Waals surface area contributed by atoms with Crippen LogP contribution in [0.5, 0.6) is 5.75 Å². The Hall–Kier alpha value is -2.08. The van der Waals surface area contributed by atoms with Gasteiger partial charge in [0.2, 0.25) is 0 Å². The standard InChI is InChI=1S/C24H35N3O3/c1-24(18-13-15-21(30-2)16-14-18)22(28)27(23(29)25-24)17-26(19-9-5-3-6-10-19)20-11-7-4-8-12-20/h13-16,19-20H,3-12,17H2,1-2H3,(H,25,29). The summed E-state index contributed by atoms with van der Waals surface area (Å²) in [5, 5.41) is 2.97. The van der Waals surface area contributed by atoms with Crippen LogP contribution in [0.2, 0.25) is 0 Å². The molecule has 1 saturated heterocycles. The molecule has 1 aliphatic heterocycles. The van der Waals surface area contributed by atoms with E-state index in [1.54, 1.807) is 14.0 Å². The second kappa shape index (κ2) is 8.96. The molecule has 0 aromatic heterocycles. The Balaban J connectivity index is 1.54. The van der Waals surface area contributed by atoms with E-state index in [0.29, 0.717) is 18.8 Å². The van der Waals surface area contributed by atoms with Gasteiger partial charge in [0.15, 0.2) is 0 Å². The number of carbonyl (C=O) groups excluding carboxylic acids is 2. The van der Waals surface area contributed by atoms with E-state index in [2.05, 4.69) is 10.2 Å². The fraction of sp³-hybridized carbons (Fsp3) is 0.667. The molecule has 1 aromatic rings. The van der Waals surface area contributed by atoms with Gasteiger partial charge in [-0.1, -0.05) is 50.7 Å². The van der Waals surface area contributed by atoms with Gasteiger partial charge in [-0.2, -0.15) is 0 Å². The molecule has 164 valence electrons. The highest BCUT2D eigenvalue weighted by Gasteiger charge is 2.50. The molecule has 1 unspecified atom stereocenters. The lowest BCUT2D eigenvalue weighted by molar-refractivity contribution is -0.133. The largest absolute Gasteiger partial charge is 0.497 e. The van der Waals surface area contributed by atoms with Crippen molar-refractivity contribution in [2.45, 2.75) is 88.8 Å². The molecule has 30 heavy (non-hydrogen) atoms. The van der Waals surface area contributed by atoms with E-state index in [-0.39, 0.29) is 11.9 Å². The Kier molecular flexibility index (Phi) is 6.32. The molecule has 3 aliphatic rings. The third-order valence-corrected chi connectivity index (χ3v) is 7.33. The zero-order valence-electron chi connectivity index (χ0n) is 18.4. The first-order valence-corrected chi connectivity index (χ1v) is 11.6. The maximum atomic E-state index is 13.5.